The summed E-state index contributed by atoms with van der Waals surface area (Å²) >= 11 is 0. The number of carbonyl (C=O) groups is 1. The first kappa shape index (κ1) is 26.9. The lowest BCUT2D eigenvalue weighted by Crippen LogP contribution is -2.47. The van der Waals surface area contributed by atoms with E-state index in [1.807, 2.05) is 6.92 Å². The Morgan fingerprint density at radius 2 is 1.85 bits per heavy atom. The Balaban J connectivity index is 1.36. The molecule has 2 fully saturated rings. The molecule has 1 atom stereocenters. The number of aryl methyl sites for hydroxylation is 1. The summed E-state index contributed by atoms with van der Waals surface area (Å²) in [6, 6.07) is 9.29. The molecular weight excluding hydrogens is 529 g/mol. The van der Waals surface area contributed by atoms with Crippen LogP contribution in [0.15, 0.2) is 42.7 Å². The molecule has 1 amide bonds. The number of halogens is 5. The fourth-order valence-electron chi connectivity index (χ4n) is 6.50. The molecule has 1 aliphatic heterocycles. The van der Waals surface area contributed by atoms with Crippen LogP contribution >= 0.6 is 0 Å². The standard InChI is InChI=1S/C29H30F5N5O/c1-26(7-4-8-26)35-14-18-11-21-22(23(12-18)29(32,33)34)15-39(24(21)40)20-6-3-5-19(13-20)27(9-10-28(30,31)16-27)25-37-36-17-38(25)2/h3,5-6,11-13,17,35H,4,7-10,14-16H2,1-2H3/t27-/m1/s1. The molecule has 11 heteroatoms. The third-order valence-electron chi connectivity index (χ3n) is 8.91. The van der Waals surface area contributed by atoms with E-state index < -0.39 is 35.4 Å². The summed E-state index contributed by atoms with van der Waals surface area (Å²) in [6.07, 6.45) is -0.885. The van der Waals surface area contributed by atoms with Crippen molar-refractivity contribution in [2.24, 2.45) is 7.05 Å². The van der Waals surface area contributed by atoms with E-state index >= 15 is 0 Å². The van der Waals surface area contributed by atoms with Gasteiger partial charge in [-0.15, -0.1) is 10.2 Å². The highest BCUT2D eigenvalue weighted by Gasteiger charge is 2.54. The number of anilines is 1. The number of aromatic nitrogens is 3. The maximum atomic E-state index is 14.6. The molecule has 2 aliphatic carbocycles. The predicted molar refractivity (Wildman–Crippen MR) is 138 cm³/mol. The topological polar surface area (TPSA) is 63.1 Å². The first-order chi connectivity index (χ1) is 18.8. The molecule has 0 bridgehead atoms. The van der Waals surface area contributed by atoms with E-state index in [-0.39, 0.29) is 42.6 Å². The smallest absolute Gasteiger partial charge is 0.320 e. The highest BCUT2D eigenvalue weighted by molar-refractivity contribution is 6.10. The molecule has 0 spiro atoms. The number of carbonyl (C=O) groups excluding carboxylic acids is 1. The zero-order chi connectivity index (χ0) is 28.5. The van der Waals surface area contributed by atoms with Gasteiger partial charge in [0.15, 0.2) is 0 Å². The number of nitrogens with one attached hydrogen (secondary N) is 1. The highest BCUT2D eigenvalue weighted by atomic mass is 19.4. The highest BCUT2D eigenvalue weighted by Crippen LogP contribution is 2.52. The molecule has 1 N–H and O–H groups in total. The summed E-state index contributed by atoms with van der Waals surface area (Å²) in [5.74, 6) is -3.07. The number of hydrogen-bond acceptors (Lipinski definition) is 4. The summed E-state index contributed by atoms with van der Waals surface area (Å²) in [6.45, 7) is 2.01. The zero-order valence-corrected chi connectivity index (χ0v) is 22.3. The van der Waals surface area contributed by atoms with Crippen LogP contribution in [0.1, 0.15) is 83.9 Å². The van der Waals surface area contributed by atoms with E-state index in [0.717, 1.165) is 25.3 Å². The Labute approximate surface area is 228 Å². The van der Waals surface area contributed by atoms with Gasteiger partial charge in [-0.1, -0.05) is 12.1 Å². The van der Waals surface area contributed by atoms with Gasteiger partial charge < -0.3 is 14.8 Å². The van der Waals surface area contributed by atoms with Crippen molar-refractivity contribution in [1.29, 1.82) is 0 Å². The molecule has 2 saturated carbocycles. The molecule has 1 aromatic heterocycles. The minimum Gasteiger partial charge on any atom is -0.320 e. The van der Waals surface area contributed by atoms with Gasteiger partial charge in [-0.3, -0.25) is 4.79 Å². The van der Waals surface area contributed by atoms with Gasteiger partial charge in [0, 0.05) is 43.2 Å². The Morgan fingerprint density at radius 1 is 1.07 bits per heavy atom. The lowest BCUT2D eigenvalue weighted by molar-refractivity contribution is -0.138. The molecule has 6 rings (SSSR count). The van der Waals surface area contributed by atoms with Gasteiger partial charge in [0.2, 0.25) is 5.92 Å². The number of hydrogen-bond donors (Lipinski definition) is 1. The number of fused-ring (bicyclic) bond motifs is 1. The SMILES string of the molecule is Cn1cnnc1[C@]1(c2cccc(N3Cc4c(cc(CNC5(C)CCC5)cc4C(F)(F)F)C3=O)c2)CCC(F)(F)C1. The van der Waals surface area contributed by atoms with Crippen molar-refractivity contribution in [3.63, 3.8) is 0 Å². The van der Waals surface area contributed by atoms with Crippen LogP contribution < -0.4 is 10.2 Å². The second kappa shape index (κ2) is 9.09. The second-order valence-electron chi connectivity index (χ2n) is 11.8. The van der Waals surface area contributed by atoms with E-state index in [9.17, 15) is 26.7 Å². The van der Waals surface area contributed by atoms with Gasteiger partial charge in [-0.25, -0.2) is 8.78 Å². The summed E-state index contributed by atoms with van der Waals surface area (Å²) in [5.41, 5.74) is -0.848. The summed E-state index contributed by atoms with van der Waals surface area (Å²) in [4.78, 5) is 14.9. The Kier molecular flexibility index (Phi) is 6.10. The molecule has 2 heterocycles. The van der Waals surface area contributed by atoms with Gasteiger partial charge in [-0.2, -0.15) is 13.2 Å². The van der Waals surface area contributed by atoms with Crippen LogP contribution in [0.2, 0.25) is 0 Å². The second-order valence-corrected chi connectivity index (χ2v) is 11.8. The molecule has 0 radical (unpaired) electrons. The fraction of sp³-hybridized carbons (Fsp3) is 0.483. The molecule has 6 nitrogen and oxygen atoms in total. The fourth-order valence-corrected chi connectivity index (χ4v) is 6.50. The minimum absolute atomic E-state index is 0.0196. The van der Waals surface area contributed by atoms with Crippen molar-refractivity contribution in [3.05, 3.63) is 76.4 Å². The van der Waals surface area contributed by atoms with Crippen molar-refractivity contribution in [1.82, 2.24) is 20.1 Å². The summed E-state index contributed by atoms with van der Waals surface area (Å²) in [7, 11) is 1.69. The number of alkyl halides is 5. The summed E-state index contributed by atoms with van der Waals surface area (Å²) < 4.78 is 73.4. The van der Waals surface area contributed by atoms with Crippen LogP contribution in [0, 0.1) is 0 Å². The third-order valence-corrected chi connectivity index (χ3v) is 8.91. The van der Waals surface area contributed by atoms with Crippen LogP contribution in [0.3, 0.4) is 0 Å². The van der Waals surface area contributed by atoms with Crippen molar-refractivity contribution >= 4 is 11.6 Å². The average molecular weight is 560 g/mol. The zero-order valence-electron chi connectivity index (χ0n) is 22.3. The Morgan fingerprint density at radius 3 is 2.45 bits per heavy atom. The normalized spacial score (nSPS) is 23.4. The lowest BCUT2D eigenvalue weighted by Gasteiger charge is -2.39. The Bertz CT molecular complexity index is 1480. The summed E-state index contributed by atoms with van der Waals surface area (Å²) in [5, 5.41) is 11.4. The van der Waals surface area contributed by atoms with Gasteiger partial charge in [0.05, 0.1) is 17.5 Å². The Hall–Kier alpha value is -3.34. The maximum absolute atomic E-state index is 14.6. The molecule has 3 aliphatic rings. The largest absolute Gasteiger partial charge is 0.416 e. The van der Waals surface area contributed by atoms with Gasteiger partial charge >= 0.3 is 6.18 Å². The quantitative estimate of drug-likeness (QED) is 0.369. The van der Waals surface area contributed by atoms with Crippen molar-refractivity contribution in [2.45, 2.75) is 81.6 Å². The predicted octanol–water partition coefficient (Wildman–Crippen LogP) is 6.13. The van der Waals surface area contributed by atoms with Crippen LogP contribution in [-0.2, 0) is 31.7 Å². The monoisotopic (exact) mass is 559 g/mol. The average Bonchev–Trinajstić information content (AvgIpc) is 3.56. The van der Waals surface area contributed by atoms with Gasteiger partial charge in [-0.05, 0) is 73.6 Å². The molecule has 40 heavy (non-hydrogen) atoms. The van der Waals surface area contributed by atoms with Crippen LogP contribution in [0.25, 0.3) is 0 Å². The van der Waals surface area contributed by atoms with Crippen LogP contribution in [-0.4, -0.2) is 32.1 Å². The lowest BCUT2D eigenvalue weighted by atomic mass is 9.77. The number of nitrogens with zero attached hydrogens (tertiary/aromatic N) is 4. The number of amides is 1. The number of benzene rings is 2. The molecule has 0 saturated heterocycles. The van der Waals surface area contributed by atoms with E-state index in [1.165, 1.54) is 11.2 Å². The minimum atomic E-state index is -4.64. The van der Waals surface area contributed by atoms with E-state index in [2.05, 4.69) is 15.5 Å². The van der Waals surface area contributed by atoms with E-state index in [4.69, 9.17) is 0 Å². The first-order valence-corrected chi connectivity index (χ1v) is 13.4. The molecule has 3 aromatic rings. The van der Waals surface area contributed by atoms with Crippen molar-refractivity contribution < 1.29 is 26.7 Å². The first-order valence-electron chi connectivity index (χ1n) is 13.4. The molecule has 212 valence electrons. The number of rotatable bonds is 6. The van der Waals surface area contributed by atoms with Gasteiger partial charge in [0.1, 0.15) is 12.2 Å². The maximum Gasteiger partial charge on any atom is 0.416 e. The molecule has 2 aromatic carbocycles. The molecule has 0 unspecified atom stereocenters. The molecular formula is C29H30F5N5O. The third kappa shape index (κ3) is 4.48. The van der Waals surface area contributed by atoms with Crippen molar-refractivity contribution in [3.8, 4) is 0 Å². The van der Waals surface area contributed by atoms with Crippen LogP contribution in [0.4, 0.5) is 27.6 Å². The van der Waals surface area contributed by atoms with Crippen LogP contribution in [0.5, 0.6) is 0 Å². The van der Waals surface area contributed by atoms with E-state index in [0.29, 0.717) is 22.6 Å². The van der Waals surface area contributed by atoms with Gasteiger partial charge in [0.25, 0.3) is 5.91 Å². The van der Waals surface area contributed by atoms with Crippen molar-refractivity contribution in [2.75, 3.05) is 4.90 Å². The van der Waals surface area contributed by atoms with E-state index in [1.54, 1.807) is 41.9 Å².